The predicted octanol–water partition coefficient (Wildman–Crippen LogP) is 4.37. The Morgan fingerprint density at radius 2 is 2.12 bits per heavy atom. The number of nitrogens with one attached hydrogen (secondary N) is 2. The number of thioether (sulfide) groups is 1. The Hall–Kier alpha value is -2.03. The molecule has 0 unspecified atom stereocenters. The van der Waals surface area contributed by atoms with Crippen LogP contribution in [0.4, 0.5) is 5.13 Å². The van der Waals surface area contributed by atoms with Crippen molar-refractivity contribution in [3.8, 4) is 0 Å². The summed E-state index contributed by atoms with van der Waals surface area (Å²) in [5, 5.41) is 15.6. The summed E-state index contributed by atoms with van der Waals surface area (Å²) >= 11 is 8.65. The van der Waals surface area contributed by atoms with Crippen LogP contribution in [0.25, 0.3) is 0 Å². The van der Waals surface area contributed by atoms with Gasteiger partial charge in [-0.1, -0.05) is 46.8 Å². The van der Waals surface area contributed by atoms with Gasteiger partial charge in [0.15, 0.2) is 4.34 Å². The van der Waals surface area contributed by atoms with Crippen molar-refractivity contribution in [2.24, 2.45) is 0 Å². The summed E-state index contributed by atoms with van der Waals surface area (Å²) in [5.74, 6) is 1.05. The Labute approximate surface area is 164 Å². The second-order valence-corrected chi connectivity index (χ2v) is 8.07. The molecule has 2 aromatic heterocycles. The van der Waals surface area contributed by atoms with Crippen molar-refractivity contribution >= 4 is 45.7 Å². The van der Waals surface area contributed by atoms with E-state index in [0.29, 0.717) is 16.7 Å². The zero-order valence-corrected chi connectivity index (χ0v) is 16.3. The van der Waals surface area contributed by atoms with E-state index in [1.165, 1.54) is 23.1 Å². The van der Waals surface area contributed by atoms with Crippen LogP contribution in [-0.4, -0.2) is 21.9 Å². The van der Waals surface area contributed by atoms with Gasteiger partial charge in [0.05, 0.1) is 24.6 Å². The molecule has 0 spiro atoms. The fraction of sp³-hybridized carbons (Fsp3) is 0.235. The van der Waals surface area contributed by atoms with Crippen LogP contribution in [0.2, 0.25) is 5.02 Å². The second-order valence-electron chi connectivity index (χ2n) is 5.44. The molecule has 0 bridgehead atoms. The Kier molecular flexibility index (Phi) is 6.54. The van der Waals surface area contributed by atoms with Gasteiger partial charge in [-0.25, -0.2) is 0 Å². The van der Waals surface area contributed by atoms with Crippen LogP contribution in [0.1, 0.15) is 24.3 Å². The number of furan rings is 1. The molecule has 0 radical (unpaired) electrons. The summed E-state index contributed by atoms with van der Waals surface area (Å²) in [5.41, 5.74) is 1.01. The summed E-state index contributed by atoms with van der Waals surface area (Å²) in [6, 6.07) is 11.1. The Morgan fingerprint density at radius 1 is 1.31 bits per heavy atom. The monoisotopic (exact) mass is 408 g/mol. The molecule has 0 fully saturated rings. The molecule has 1 amide bonds. The van der Waals surface area contributed by atoms with Crippen LogP contribution in [0, 0.1) is 0 Å². The molecule has 0 aliphatic heterocycles. The highest BCUT2D eigenvalue weighted by atomic mass is 35.5. The van der Waals surface area contributed by atoms with E-state index in [1.807, 2.05) is 43.3 Å². The molecule has 1 aromatic carbocycles. The van der Waals surface area contributed by atoms with E-state index in [0.717, 1.165) is 15.7 Å². The first-order chi connectivity index (χ1) is 12.6. The van der Waals surface area contributed by atoms with Gasteiger partial charge in [0, 0.05) is 5.02 Å². The molecule has 0 saturated heterocycles. The van der Waals surface area contributed by atoms with E-state index < -0.39 is 0 Å². The Morgan fingerprint density at radius 3 is 2.85 bits per heavy atom. The number of aromatic nitrogens is 2. The smallest absolute Gasteiger partial charge is 0.230 e. The summed E-state index contributed by atoms with van der Waals surface area (Å²) in [7, 11) is 0. The molecule has 0 saturated carbocycles. The van der Waals surface area contributed by atoms with Crippen LogP contribution in [0.3, 0.4) is 0 Å². The third kappa shape index (κ3) is 5.48. The lowest BCUT2D eigenvalue weighted by molar-refractivity contribution is -0.119. The number of nitrogens with zero attached hydrogens (tertiary/aromatic N) is 2. The van der Waals surface area contributed by atoms with Gasteiger partial charge in [0.25, 0.3) is 0 Å². The molecule has 26 heavy (non-hydrogen) atoms. The molecule has 1 atom stereocenters. The second kappa shape index (κ2) is 9.07. The SMILES string of the molecule is C[C@@H](NC(=O)CSc1nnc(NCc2ccco2)s1)c1ccc(Cl)cc1. The van der Waals surface area contributed by atoms with Crippen LogP contribution in [-0.2, 0) is 11.3 Å². The fourth-order valence-electron chi connectivity index (χ4n) is 2.16. The molecule has 3 rings (SSSR count). The van der Waals surface area contributed by atoms with Gasteiger partial charge in [-0.05, 0) is 36.8 Å². The number of carbonyl (C=O) groups excluding carboxylic acids is 1. The zero-order valence-electron chi connectivity index (χ0n) is 13.9. The van der Waals surface area contributed by atoms with Crippen molar-refractivity contribution in [2.75, 3.05) is 11.1 Å². The van der Waals surface area contributed by atoms with Crippen molar-refractivity contribution in [2.45, 2.75) is 23.8 Å². The zero-order chi connectivity index (χ0) is 18.4. The van der Waals surface area contributed by atoms with Crippen molar-refractivity contribution in [1.82, 2.24) is 15.5 Å². The Balaban J connectivity index is 1.43. The topological polar surface area (TPSA) is 80.0 Å². The van der Waals surface area contributed by atoms with Crippen LogP contribution >= 0.6 is 34.7 Å². The standard InChI is InChI=1S/C17H17ClN4O2S2/c1-11(12-4-6-13(18)7-5-12)20-15(23)10-25-17-22-21-16(26-17)19-9-14-3-2-8-24-14/h2-8,11H,9-10H2,1H3,(H,19,21)(H,20,23)/t11-/m1/s1. The number of hydrogen-bond acceptors (Lipinski definition) is 7. The first-order valence-electron chi connectivity index (χ1n) is 7.87. The molecule has 0 aliphatic rings. The summed E-state index contributed by atoms with van der Waals surface area (Å²) < 4.78 is 5.99. The minimum Gasteiger partial charge on any atom is -0.467 e. The molecule has 6 nitrogen and oxygen atoms in total. The van der Waals surface area contributed by atoms with E-state index in [9.17, 15) is 4.79 Å². The molecule has 2 N–H and O–H groups in total. The number of rotatable bonds is 8. The van der Waals surface area contributed by atoms with Crippen molar-refractivity contribution < 1.29 is 9.21 Å². The third-order valence-corrected chi connectivity index (χ3v) is 5.74. The molecule has 3 aromatic rings. The average molecular weight is 409 g/mol. The number of amides is 1. The van der Waals surface area contributed by atoms with Gasteiger partial charge in [0.2, 0.25) is 11.0 Å². The first-order valence-corrected chi connectivity index (χ1v) is 10.1. The minimum atomic E-state index is -0.0830. The van der Waals surface area contributed by atoms with Crippen LogP contribution < -0.4 is 10.6 Å². The summed E-state index contributed by atoms with van der Waals surface area (Å²) in [6.45, 7) is 2.48. The molecule has 0 aliphatic carbocycles. The van der Waals surface area contributed by atoms with Gasteiger partial charge in [-0.3, -0.25) is 4.79 Å². The van der Waals surface area contributed by atoms with Gasteiger partial charge >= 0.3 is 0 Å². The summed E-state index contributed by atoms with van der Waals surface area (Å²) in [6.07, 6.45) is 1.63. The number of benzene rings is 1. The van der Waals surface area contributed by atoms with Crippen LogP contribution in [0.5, 0.6) is 0 Å². The predicted molar refractivity (Wildman–Crippen MR) is 105 cm³/mol. The average Bonchev–Trinajstić information content (AvgIpc) is 3.30. The minimum absolute atomic E-state index is 0.0576. The number of halogens is 1. The molecule has 9 heteroatoms. The number of hydrogen-bond donors (Lipinski definition) is 2. The molecular formula is C17H17ClN4O2S2. The van der Waals surface area contributed by atoms with Crippen molar-refractivity contribution in [3.63, 3.8) is 0 Å². The highest BCUT2D eigenvalue weighted by Gasteiger charge is 2.12. The number of carbonyl (C=O) groups is 1. The van der Waals surface area contributed by atoms with Crippen molar-refractivity contribution in [1.29, 1.82) is 0 Å². The number of anilines is 1. The third-order valence-electron chi connectivity index (χ3n) is 3.47. The van der Waals surface area contributed by atoms with E-state index in [1.54, 1.807) is 6.26 Å². The van der Waals surface area contributed by atoms with E-state index in [-0.39, 0.29) is 17.7 Å². The van der Waals surface area contributed by atoms with Gasteiger partial charge in [-0.2, -0.15) is 0 Å². The maximum atomic E-state index is 12.1. The molecule has 136 valence electrons. The fourth-order valence-corrected chi connectivity index (χ4v) is 3.85. The van der Waals surface area contributed by atoms with Crippen molar-refractivity contribution in [3.05, 3.63) is 59.0 Å². The van der Waals surface area contributed by atoms with Gasteiger partial charge in [-0.15, -0.1) is 10.2 Å². The highest BCUT2D eigenvalue weighted by molar-refractivity contribution is 8.01. The maximum Gasteiger partial charge on any atom is 0.230 e. The lowest BCUT2D eigenvalue weighted by Gasteiger charge is -2.13. The van der Waals surface area contributed by atoms with E-state index >= 15 is 0 Å². The normalized spacial score (nSPS) is 11.9. The lowest BCUT2D eigenvalue weighted by Crippen LogP contribution is -2.28. The van der Waals surface area contributed by atoms with Crippen LogP contribution in [0.15, 0.2) is 51.4 Å². The molecule has 2 heterocycles. The van der Waals surface area contributed by atoms with Gasteiger partial charge in [0.1, 0.15) is 5.76 Å². The highest BCUT2D eigenvalue weighted by Crippen LogP contribution is 2.26. The van der Waals surface area contributed by atoms with E-state index in [4.69, 9.17) is 16.0 Å². The van der Waals surface area contributed by atoms with E-state index in [2.05, 4.69) is 20.8 Å². The largest absolute Gasteiger partial charge is 0.467 e. The summed E-state index contributed by atoms with van der Waals surface area (Å²) in [4.78, 5) is 12.1. The Bertz CT molecular complexity index is 837. The quantitative estimate of drug-likeness (QED) is 0.539. The molecular weight excluding hydrogens is 392 g/mol. The first kappa shape index (κ1) is 18.8. The maximum absolute atomic E-state index is 12.1. The lowest BCUT2D eigenvalue weighted by atomic mass is 10.1. The van der Waals surface area contributed by atoms with Gasteiger partial charge < -0.3 is 15.1 Å².